The fraction of sp³-hybridized carbons (Fsp3) is 0.500. The van der Waals surface area contributed by atoms with Gasteiger partial charge in [-0.3, -0.25) is 0 Å². The van der Waals surface area contributed by atoms with Gasteiger partial charge in [-0.15, -0.1) is 0 Å². The average Bonchev–Trinajstić information content (AvgIpc) is 2.74. The first-order valence-corrected chi connectivity index (χ1v) is 6.27. The van der Waals surface area contributed by atoms with Crippen LogP contribution in [0.3, 0.4) is 0 Å². The van der Waals surface area contributed by atoms with Gasteiger partial charge in [0, 0.05) is 6.04 Å². The Labute approximate surface area is 104 Å². The summed E-state index contributed by atoms with van der Waals surface area (Å²) < 4.78 is 0. The highest BCUT2D eigenvalue weighted by Gasteiger charge is 2.32. The van der Waals surface area contributed by atoms with E-state index in [4.69, 9.17) is 0 Å². The number of benzene rings is 1. The zero-order valence-electron chi connectivity index (χ0n) is 11.0. The van der Waals surface area contributed by atoms with Crippen LogP contribution in [0.15, 0.2) is 35.4 Å². The van der Waals surface area contributed by atoms with Crippen molar-refractivity contribution in [2.45, 2.75) is 39.9 Å². The molecule has 1 unspecified atom stereocenters. The van der Waals surface area contributed by atoms with E-state index in [2.05, 4.69) is 67.0 Å². The zero-order chi connectivity index (χ0) is 12.4. The van der Waals surface area contributed by atoms with Crippen molar-refractivity contribution < 1.29 is 0 Å². The number of rotatable bonds is 3. The number of anilines is 1. The summed E-state index contributed by atoms with van der Waals surface area (Å²) in [6.45, 7) is 8.89. The second-order valence-electron chi connectivity index (χ2n) is 5.11. The maximum Gasteiger partial charge on any atom is 0.126 e. The Bertz CT molecular complexity index is 384. The van der Waals surface area contributed by atoms with Gasteiger partial charge in [-0.2, -0.15) is 5.10 Å². The van der Waals surface area contributed by atoms with Crippen molar-refractivity contribution in [3.05, 3.63) is 30.3 Å². The molecule has 2 rings (SSSR count). The van der Waals surface area contributed by atoms with Gasteiger partial charge in [0.2, 0.25) is 0 Å². The van der Waals surface area contributed by atoms with Crippen LogP contribution < -0.4 is 5.01 Å². The minimum absolute atomic E-state index is 0.317. The highest BCUT2D eigenvalue weighted by atomic mass is 15.6. The normalized spacial score (nSPS) is 19.8. The van der Waals surface area contributed by atoms with Gasteiger partial charge in [0.1, 0.15) is 12.5 Å². The largest absolute Gasteiger partial charge is 0.336 e. The van der Waals surface area contributed by atoms with Crippen molar-refractivity contribution in [2.75, 3.05) is 5.01 Å². The lowest BCUT2D eigenvalue weighted by atomic mass is 10.1. The summed E-state index contributed by atoms with van der Waals surface area (Å²) in [5.74, 6) is 0.528. The van der Waals surface area contributed by atoms with Crippen molar-refractivity contribution in [3.63, 3.8) is 0 Å². The molecule has 0 saturated carbocycles. The van der Waals surface area contributed by atoms with Crippen LogP contribution in [-0.2, 0) is 0 Å². The van der Waals surface area contributed by atoms with Crippen LogP contribution in [-0.4, -0.2) is 23.4 Å². The molecule has 1 aromatic carbocycles. The number of hydrogen-bond acceptors (Lipinski definition) is 3. The van der Waals surface area contributed by atoms with Crippen molar-refractivity contribution in [2.24, 2.45) is 11.0 Å². The lowest BCUT2D eigenvalue weighted by Crippen LogP contribution is -2.46. The molecule has 0 aromatic heterocycles. The summed E-state index contributed by atoms with van der Waals surface area (Å²) in [5, 5.41) is 6.66. The highest BCUT2D eigenvalue weighted by molar-refractivity contribution is 5.64. The van der Waals surface area contributed by atoms with Crippen molar-refractivity contribution in [3.8, 4) is 0 Å². The molecule has 1 aromatic rings. The van der Waals surface area contributed by atoms with Crippen LogP contribution >= 0.6 is 0 Å². The van der Waals surface area contributed by atoms with Crippen LogP contribution in [0.1, 0.15) is 27.7 Å². The number of para-hydroxylation sites is 1. The van der Waals surface area contributed by atoms with Crippen LogP contribution in [0.4, 0.5) is 5.69 Å². The van der Waals surface area contributed by atoms with E-state index in [0.717, 1.165) is 5.69 Å². The Morgan fingerprint density at radius 1 is 1.06 bits per heavy atom. The van der Waals surface area contributed by atoms with E-state index < -0.39 is 0 Å². The van der Waals surface area contributed by atoms with Crippen LogP contribution in [0.5, 0.6) is 0 Å². The molecule has 1 atom stereocenters. The maximum atomic E-state index is 4.55. The number of hydrazone groups is 1. The fourth-order valence-electron chi connectivity index (χ4n) is 2.24. The molecule has 0 spiro atoms. The predicted octanol–water partition coefficient (Wildman–Crippen LogP) is 3.14. The smallest absolute Gasteiger partial charge is 0.126 e. The zero-order valence-corrected chi connectivity index (χ0v) is 11.0. The van der Waals surface area contributed by atoms with Gasteiger partial charge in [0.25, 0.3) is 0 Å². The minimum Gasteiger partial charge on any atom is -0.336 e. The van der Waals surface area contributed by atoms with Crippen molar-refractivity contribution in [1.29, 1.82) is 0 Å². The van der Waals surface area contributed by atoms with E-state index in [1.807, 2.05) is 12.4 Å². The van der Waals surface area contributed by atoms with E-state index >= 15 is 0 Å². The van der Waals surface area contributed by atoms with E-state index in [1.54, 1.807) is 0 Å². The van der Waals surface area contributed by atoms with Crippen molar-refractivity contribution in [1.82, 2.24) is 4.90 Å². The Morgan fingerprint density at radius 2 is 1.71 bits per heavy atom. The van der Waals surface area contributed by atoms with E-state index in [-0.39, 0.29) is 0 Å². The molecule has 0 fully saturated rings. The third-order valence-corrected chi connectivity index (χ3v) is 3.08. The van der Waals surface area contributed by atoms with Crippen LogP contribution in [0.25, 0.3) is 0 Å². The van der Waals surface area contributed by atoms with Gasteiger partial charge in [-0.1, -0.05) is 32.0 Å². The molecule has 1 aliphatic heterocycles. The first kappa shape index (κ1) is 12.0. The molecule has 3 nitrogen and oxygen atoms in total. The molecule has 92 valence electrons. The Kier molecular flexibility index (Phi) is 3.36. The van der Waals surface area contributed by atoms with Crippen LogP contribution in [0, 0.1) is 5.92 Å². The topological polar surface area (TPSA) is 18.8 Å². The molecule has 3 heteroatoms. The molecule has 0 amide bonds. The van der Waals surface area contributed by atoms with Gasteiger partial charge < -0.3 is 4.90 Å². The van der Waals surface area contributed by atoms with Gasteiger partial charge in [-0.05, 0) is 31.9 Å². The first-order chi connectivity index (χ1) is 8.11. The molecule has 1 heterocycles. The average molecular weight is 231 g/mol. The molecular formula is C14H21N3. The predicted molar refractivity (Wildman–Crippen MR) is 73.0 cm³/mol. The molecule has 17 heavy (non-hydrogen) atoms. The van der Waals surface area contributed by atoms with Crippen LogP contribution in [0.2, 0.25) is 0 Å². The third kappa shape index (κ3) is 2.28. The SMILES string of the molecule is CC(C)C1N(c2ccccc2)N=CN1C(C)C. The molecule has 0 N–H and O–H groups in total. The standard InChI is InChI=1S/C14H21N3/c1-11(2)14-16(12(3)4)10-15-17(14)13-8-6-5-7-9-13/h5-12,14H,1-4H3. The summed E-state index contributed by atoms with van der Waals surface area (Å²) in [6, 6.07) is 10.8. The molecule has 1 aliphatic rings. The summed E-state index contributed by atoms with van der Waals surface area (Å²) in [5.41, 5.74) is 1.16. The first-order valence-electron chi connectivity index (χ1n) is 6.27. The van der Waals surface area contributed by atoms with Gasteiger partial charge >= 0.3 is 0 Å². The monoisotopic (exact) mass is 231 g/mol. The lowest BCUT2D eigenvalue weighted by molar-refractivity contribution is 0.230. The third-order valence-electron chi connectivity index (χ3n) is 3.08. The summed E-state index contributed by atoms with van der Waals surface area (Å²) in [4.78, 5) is 2.32. The Hall–Kier alpha value is -1.51. The van der Waals surface area contributed by atoms with E-state index in [9.17, 15) is 0 Å². The molecular weight excluding hydrogens is 210 g/mol. The summed E-state index contributed by atoms with van der Waals surface area (Å²) >= 11 is 0. The fourth-order valence-corrected chi connectivity index (χ4v) is 2.24. The summed E-state index contributed by atoms with van der Waals surface area (Å²) in [6.07, 6.45) is 2.28. The second kappa shape index (κ2) is 4.78. The van der Waals surface area contributed by atoms with Gasteiger partial charge in [0.15, 0.2) is 0 Å². The van der Waals surface area contributed by atoms with E-state index in [1.165, 1.54) is 0 Å². The van der Waals surface area contributed by atoms with Gasteiger partial charge in [-0.25, -0.2) is 5.01 Å². The Morgan fingerprint density at radius 3 is 2.24 bits per heavy atom. The molecule has 0 radical (unpaired) electrons. The van der Waals surface area contributed by atoms with Gasteiger partial charge in [0.05, 0.1) is 5.69 Å². The number of hydrogen-bond donors (Lipinski definition) is 0. The molecule has 0 saturated heterocycles. The lowest BCUT2D eigenvalue weighted by Gasteiger charge is -2.35. The second-order valence-corrected chi connectivity index (χ2v) is 5.11. The maximum absolute atomic E-state index is 4.55. The quantitative estimate of drug-likeness (QED) is 0.796. The summed E-state index contributed by atoms with van der Waals surface area (Å²) in [7, 11) is 0. The number of nitrogens with zero attached hydrogens (tertiary/aromatic N) is 3. The Balaban J connectivity index is 2.27. The van der Waals surface area contributed by atoms with Crippen molar-refractivity contribution >= 4 is 12.0 Å². The molecule has 0 bridgehead atoms. The molecule has 0 aliphatic carbocycles. The highest BCUT2D eigenvalue weighted by Crippen LogP contribution is 2.27. The van der Waals surface area contributed by atoms with E-state index in [0.29, 0.717) is 18.1 Å². The minimum atomic E-state index is 0.317.